The molecule has 21 heavy (non-hydrogen) atoms. The van der Waals surface area contributed by atoms with Gasteiger partial charge in [0.25, 0.3) is 5.91 Å². The van der Waals surface area contributed by atoms with Crippen LogP contribution in [0.1, 0.15) is 20.3 Å². The second-order valence-electron chi connectivity index (χ2n) is 4.96. The van der Waals surface area contributed by atoms with Crippen molar-refractivity contribution in [2.45, 2.75) is 32.4 Å². The van der Waals surface area contributed by atoms with E-state index in [2.05, 4.69) is 21.2 Å². The lowest BCUT2D eigenvalue weighted by Crippen LogP contribution is -2.59. The highest BCUT2D eigenvalue weighted by Crippen LogP contribution is 2.19. The Kier molecular flexibility index (Phi) is 5.22. The second-order valence-corrected chi connectivity index (χ2v) is 5.88. The molecule has 0 spiro atoms. The average molecular weight is 355 g/mol. The van der Waals surface area contributed by atoms with Crippen LogP contribution in [0.15, 0.2) is 28.7 Å². The van der Waals surface area contributed by atoms with E-state index >= 15 is 0 Å². The maximum absolute atomic E-state index is 12.5. The molecule has 0 aliphatic carbocycles. The molecule has 114 valence electrons. The van der Waals surface area contributed by atoms with Gasteiger partial charge in [0.2, 0.25) is 5.91 Å². The molecule has 0 saturated carbocycles. The first kappa shape index (κ1) is 15.8. The molecular formula is C15H19BrN2O3. The van der Waals surface area contributed by atoms with Crippen LogP contribution in [0.25, 0.3) is 0 Å². The molecule has 2 rings (SSSR count). The number of amides is 2. The first-order valence-corrected chi connectivity index (χ1v) is 7.82. The molecular weight excluding hydrogens is 336 g/mol. The minimum atomic E-state index is -0.619. The van der Waals surface area contributed by atoms with Crippen LogP contribution < -0.4 is 10.1 Å². The Morgan fingerprint density at radius 1 is 1.48 bits per heavy atom. The zero-order valence-corrected chi connectivity index (χ0v) is 13.7. The molecule has 0 aromatic heterocycles. The quantitative estimate of drug-likeness (QED) is 0.898. The summed E-state index contributed by atoms with van der Waals surface area (Å²) in [5.41, 5.74) is 0. The third-order valence-corrected chi connectivity index (χ3v) is 4.00. The molecule has 1 saturated heterocycles. The fourth-order valence-electron chi connectivity index (χ4n) is 2.39. The molecule has 2 unspecified atom stereocenters. The highest BCUT2D eigenvalue weighted by molar-refractivity contribution is 9.10. The van der Waals surface area contributed by atoms with E-state index < -0.39 is 12.1 Å². The maximum atomic E-state index is 12.5. The normalized spacial score (nSPS) is 19.9. The molecule has 2 atom stereocenters. The zero-order chi connectivity index (χ0) is 15.4. The molecule has 1 aromatic rings. The van der Waals surface area contributed by atoms with Crippen molar-refractivity contribution in [1.82, 2.24) is 10.2 Å². The fourth-order valence-corrected chi connectivity index (χ4v) is 2.65. The first-order valence-electron chi connectivity index (χ1n) is 7.03. The van der Waals surface area contributed by atoms with Crippen LogP contribution in [0.3, 0.4) is 0 Å². The van der Waals surface area contributed by atoms with Gasteiger partial charge in [0, 0.05) is 17.6 Å². The minimum absolute atomic E-state index is 0.0899. The van der Waals surface area contributed by atoms with Crippen molar-refractivity contribution in [3.8, 4) is 5.75 Å². The number of hydrogen-bond donors (Lipinski definition) is 1. The molecule has 1 fully saturated rings. The van der Waals surface area contributed by atoms with Gasteiger partial charge in [0.05, 0.1) is 0 Å². The van der Waals surface area contributed by atoms with Crippen molar-refractivity contribution in [2.75, 3.05) is 13.1 Å². The van der Waals surface area contributed by atoms with E-state index in [1.54, 1.807) is 24.0 Å². The van der Waals surface area contributed by atoms with Crippen LogP contribution in [-0.4, -0.2) is 41.9 Å². The van der Waals surface area contributed by atoms with Gasteiger partial charge in [-0.3, -0.25) is 9.59 Å². The molecule has 1 heterocycles. The van der Waals surface area contributed by atoms with Crippen molar-refractivity contribution in [3.05, 3.63) is 28.7 Å². The molecule has 0 bridgehead atoms. The smallest absolute Gasteiger partial charge is 0.264 e. The summed E-state index contributed by atoms with van der Waals surface area (Å²) < 4.78 is 6.62. The largest absolute Gasteiger partial charge is 0.481 e. The summed E-state index contributed by atoms with van der Waals surface area (Å²) in [7, 11) is 0. The molecule has 0 radical (unpaired) electrons. The average Bonchev–Trinajstić information content (AvgIpc) is 2.48. The number of piperazine rings is 1. The molecule has 5 nitrogen and oxygen atoms in total. The van der Waals surface area contributed by atoms with E-state index in [-0.39, 0.29) is 11.8 Å². The number of nitrogens with zero attached hydrogens (tertiary/aromatic N) is 1. The summed E-state index contributed by atoms with van der Waals surface area (Å²) in [6.07, 6.45) is -0.0195. The van der Waals surface area contributed by atoms with Crippen LogP contribution >= 0.6 is 15.9 Å². The summed E-state index contributed by atoms with van der Waals surface area (Å²) >= 11 is 3.35. The Balaban J connectivity index is 2.04. The number of rotatable bonds is 4. The molecule has 6 heteroatoms. The minimum Gasteiger partial charge on any atom is -0.481 e. The van der Waals surface area contributed by atoms with Crippen molar-refractivity contribution in [1.29, 1.82) is 0 Å². The highest BCUT2D eigenvalue weighted by atomic mass is 79.9. The van der Waals surface area contributed by atoms with Crippen LogP contribution in [0.2, 0.25) is 0 Å². The van der Waals surface area contributed by atoms with Gasteiger partial charge in [-0.15, -0.1) is 0 Å². The number of nitrogens with one attached hydrogen (secondary N) is 1. The Morgan fingerprint density at radius 3 is 2.76 bits per heavy atom. The van der Waals surface area contributed by atoms with E-state index in [0.29, 0.717) is 25.3 Å². The lowest BCUT2D eigenvalue weighted by molar-refractivity contribution is -0.148. The van der Waals surface area contributed by atoms with E-state index in [9.17, 15) is 9.59 Å². The predicted octanol–water partition coefficient (Wildman–Crippen LogP) is 1.95. The fraction of sp³-hybridized carbons (Fsp3) is 0.467. The van der Waals surface area contributed by atoms with Crippen LogP contribution in [0, 0.1) is 0 Å². The van der Waals surface area contributed by atoms with Gasteiger partial charge in [-0.1, -0.05) is 22.9 Å². The Bertz CT molecular complexity index is 518. The Morgan fingerprint density at radius 2 is 2.14 bits per heavy atom. The molecule has 1 N–H and O–H groups in total. The molecule has 1 aliphatic rings. The van der Waals surface area contributed by atoms with Crippen molar-refractivity contribution in [2.24, 2.45) is 0 Å². The van der Waals surface area contributed by atoms with Gasteiger partial charge in [-0.25, -0.2) is 0 Å². The van der Waals surface area contributed by atoms with E-state index in [4.69, 9.17) is 4.74 Å². The van der Waals surface area contributed by atoms with Crippen LogP contribution in [0.5, 0.6) is 5.75 Å². The third kappa shape index (κ3) is 3.75. The summed E-state index contributed by atoms with van der Waals surface area (Å²) in [5, 5.41) is 2.78. The highest BCUT2D eigenvalue weighted by Gasteiger charge is 2.34. The first-order chi connectivity index (χ1) is 10.0. The summed E-state index contributed by atoms with van der Waals surface area (Å²) in [6.45, 7) is 4.63. The van der Waals surface area contributed by atoms with Gasteiger partial charge >= 0.3 is 0 Å². The predicted molar refractivity (Wildman–Crippen MR) is 83.0 cm³/mol. The second kappa shape index (κ2) is 6.93. The van der Waals surface area contributed by atoms with Gasteiger partial charge in [-0.05, 0) is 37.6 Å². The van der Waals surface area contributed by atoms with Crippen LogP contribution in [-0.2, 0) is 9.59 Å². The topological polar surface area (TPSA) is 58.6 Å². The number of carbonyl (C=O) groups is 2. The van der Waals surface area contributed by atoms with Gasteiger partial charge in [0.15, 0.2) is 6.10 Å². The number of ether oxygens (including phenoxy) is 1. The number of halogens is 1. The molecule has 2 amide bonds. The Hall–Kier alpha value is -1.56. The lowest BCUT2D eigenvalue weighted by Gasteiger charge is -2.35. The van der Waals surface area contributed by atoms with Crippen molar-refractivity contribution >= 4 is 27.7 Å². The summed E-state index contributed by atoms with van der Waals surface area (Å²) in [5.74, 6) is 0.390. The van der Waals surface area contributed by atoms with Crippen molar-refractivity contribution < 1.29 is 14.3 Å². The van der Waals surface area contributed by atoms with E-state index in [1.165, 1.54) is 0 Å². The van der Waals surface area contributed by atoms with Gasteiger partial charge in [0.1, 0.15) is 11.8 Å². The number of carbonyl (C=O) groups excluding carboxylic acids is 2. The summed E-state index contributed by atoms with van der Waals surface area (Å²) in [6, 6.07) is 6.91. The maximum Gasteiger partial charge on any atom is 0.264 e. The molecule has 1 aromatic carbocycles. The SMILES string of the molecule is CCC1C(=O)NCCN1C(=O)C(C)Oc1ccc(Br)cc1. The van der Waals surface area contributed by atoms with Crippen molar-refractivity contribution in [3.63, 3.8) is 0 Å². The monoisotopic (exact) mass is 354 g/mol. The molecule has 1 aliphatic heterocycles. The number of hydrogen-bond acceptors (Lipinski definition) is 3. The summed E-state index contributed by atoms with van der Waals surface area (Å²) in [4.78, 5) is 25.9. The van der Waals surface area contributed by atoms with Crippen LogP contribution in [0.4, 0.5) is 0 Å². The van der Waals surface area contributed by atoms with E-state index in [1.807, 2.05) is 19.1 Å². The zero-order valence-electron chi connectivity index (χ0n) is 12.1. The van der Waals surface area contributed by atoms with Gasteiger partial charge in [-0.2, -0.15) is 0 Å². The lowest BCUT2D eigenvalue weighted by atomic mass is 10.1. The third-order valence-electron chi connectivity index (χ3n) is 3.47. The Labute approximate surface area is 132 Å². The van der Waals surface area contributed by atoms with E-state index in [0.717, 1.165) is 4.47 Å². The number of benzene rings is 1. The van der Waals surface area contributed by atoms with Gasteiger partial charge < -0.3 is 15.0 Å². The standard InChI is InChI=1S/C15H19BrN2O3/c1-3-13-14(19)17-8-9-18(13)15(20)10(2)21-12-6-4-11(16)5-7-12/h4-7,10,13H,3,8-9H2,1-2H3,(H,17,19).